The normalized spacial score (nSPS) is 16.6. The summed E-state index contributed by atoms with van der Waals surface area (Å²) in [5, 5.41) is 6.68. The Balaban J connectivity index is 0.00000385. The van der Waals surface area contributed by atoms with E-state index in [9.17, 15) is 0 Å². The number of hydrogen-bond donors (Lipinski definition) is 2. The van der Waals surface area contributed by atoms with Crippen LogP contribution in [-0.2, 0) is 17.8 Å². The van der Waals surface area contributed by atoms with Crippen LogP contribution in [0.3, 0.4) is 0 Å². The van der Waals surface area contributed by atoms with Gasteiger partial charge >= 0.3 is 0 Å². The highest BCUT2D eigenvalue weighted by atomic mass is 127. The van der Waals surface area contributed by atoms with Gasteiger partial charge in [-0.2, -0.15) is 0 Å². The third kappa shape index (κ3) is 8.68. The van der Waals surface area contributed by atoms with Crippen molar-refractivity contribution in [1.82, 2.24) is 10.2 Å². The van der Waals surface area contributed by atoms with E-state index >= 15 is 0 Å². The summed E-state index contributed by atoms with van der Waals surface area (Å²) in [7, 11) is 1.64. The minimum absolute atomic E-state index is 0. The van der Waals surface area contributed by atoms with Gasteiger partial charge < -0.3 is 24.8 Å². The van der Waals surface area contributed by atoms with E-state index < -0.39 is 0 Å². The highest BCUT2D eigenvalue weighted by Gasteiger charge is 2.16. The molecule has 182 valence electrons. The van der Waals surface area contributed by atoms with Crippen molar-refractivity contribution in [3.05, 3.63) is 53.6 Å². The molecule has 0 aromatic heterocycles. The maximum Gasteiger partial charge on any atom is 0.196 e. The lowest BCUT2D eigenvalue weighted by molar-refractivity contribution is -0.0212. The fourth-order valence-corrected chi connectivity index (χ4v) is 3.76. The Kier molecular flexibility index (Phi) is 11.8. The van der Waals surface area contributed by atoms with Crippen molar-refractivity contribution in [2.24, 2.45) is 4.99 Å². The number of nitrogens with one attached hydrogen (secondary N) is 2. The molecular weight excluding hydrogens is 531 g/mol. The average molecular weight is 569 g/mol. The molecule has 0 radical (unpaired) electrons. The van der Waals surface area contributed by atoms with Crippen molar-refractivity contribution < 1.29 is 14.2 Å². The molecule has 1 fully saturated rings. The van der Waals surface area contributed by atoms with Crippen LogP contribution in [0, 0.1) is 0 Å². The molecule has 2 aromatic carbocycles. The Hall–Kier alpha value is -2.04. The predicted molar refractivity (Wildman–Crippen MR) is 145 cm³/mol. The van der Waals surface area contributed by atoms with Gasteiger partial charge in [-0.05, 0) is 44.0 Å². The molecule has 1 saturated heterocycles. The number of ether oxygens (including phenoxy) is 3. The second-order valence-electron chi connectivity index (χ2n) is 7.86. The second-order valence-corrected chi connectivity index (χ2v) is 7.86. The smallest absolute Gasteiger partial charge is 0.196 e. The van der Waals surface area contributed by atoms with Crippen molar-refractivity contribution in [3.8, 4) is 11.5 Å². The third-order valence-electron chi connectivity index (χ3n) is 5.21. The van der Waals surface area contributed by atoms with E-state index in [0.717, 1.165) is 44.4 Å². The van der Waals surface area contributed by atoms with Crippen LogP contribution in [0.2, 0.25) is 0 Å². The molecule has 1 unspecified atom stereocenters. The largest absolute Gasteiger partial charge is 0.493 e. The van der Waals surface area contributed by atoms with Crippen LogP contribution in [0.5, 0.6) is 11.5 Å². The van der Waals surface area contributed by atoms with E-state index in [1.165, 1.54) is 11.1 Å². The summed E-state index contributed by atoms with van der Waals surface area (Å²) in [4.78, 5) is 7.23. The van der Waals surface area contributed by atoms with Gasteiger partial charge in [0.25, 0.3) is 0 Å². The average Bonchev–Trinajstić information content (AvgIpc) is 2.78. The molecular formula is C25H37IN4O3. The predicted octanol–water partition coefficient (Wildman–Crippen LogP) is 4.51. The number of guanidine groups is 1. The summed E-state index contributed by atoms with van der Waals surface area (Å²) in [6, 6.07) is 14.4. The number of morpholine rings is 1. The molecule has 7 nitrogen and oxygen atoms in total. The molecule has 1 aliphatic heterocycles. The van der Waals surface area contributed by atoms with Crippen molar-refractivity contribution in [3.63, 3.8) is 0 Å². The fraction of sp³-hybridized carbons (Fsp3) is 0.480. The van der Waals surface area contributed by atoms with Crippen LogP contribution in [0.25, 0.3) is 0 Å². The molecule has 0 aliphatic carbocycles. The number of nitrogens with zero attached hydrogens (tertiary/aromatic N) is 2. The lowest BCUT2D eigenvalue weighted by Gasteiger charge is -2.31. The lowest BCUT2D eigenvalue weighted by atomic mass is 10.1. The molecule has 1 heterocycles. The molecule has 1 aliphatic rings. The summed E-state index contributed by atoms with van der Waals surface area (Å²) >= 11 is 0. The molecule has 8 heteroatoms. The Bertz CT molecular complexity index is 894. The highest BCUT2D eigenvalue weighted by molar-refractivity contribution is 14.0. The van der Waals surface area contributed by atoms with E-state index in [1.807, 2.05) is 25.1 Å². The molecule has 0 saturated carbocycles. The van der Waals surface area contributed by atoms with Gasteiger partial charge in [0.15, 0.2) is 17.5 Å². The highest BCUT2D eigenvalue weighted by Crippen LogP contribution is 2.30. The van der Waals surface area contributed by atoms with E-state index in [1.54, 1.807) is 7.11 Å². The van der Waals surface area contributed by atoms with E-state index in [2.05, 4.69) is 53.6 Å². The van der Waals surface area contributed by atoms with Crippen molar-refractivity contribution in [2.75, 3.05) is 45.3 Å². The lowest BCUT2D eigenvalue weighted by Crippen LogP contribution is -2.40. The zero-order valence-corrected chi connectivity index (χ0v) is 22.4. The van der Waals surface area contributed by atoms with Crippen molar-refractivity contribution >= 4 is 35.6 Å². The van der Waals surface area contributed by atoms with Gasteiger partial charge in [0.1, 0.15) is 0 Å². The number of methoxy groups -OCH3 is 1. The van der Waals surface area contributed by atoms with Gasteiger partial charge in [-0.25, -0.2) is 4.99 Å². The van der Waals surface area contributed by atoms with E-state index in [0.29, 0.717) is 30.8 Å². The Labute approximate surface area is 214 Å². The quantitative estimate of drug-likeness (QED) is 0.264. The molecule has 1 atom stereocenters. The maximum absolute atomic E-state index is 5.68. The molecule has 3 rings (SSSR count). The molecule has 0 bridgehead atoms. The maximum atomic E-state index is 5.68. The van der Waals surface area contributed by atoms with Crippen LogP contribution in [0.4, 0.5) is 5.69 Å². The summed E-state index contributed by atoms with van der Waals surface area (Å²) in [6.07, 6.45) is 0.298. The fourth-order valence-electron chi connectivity index (χ4n) is 3.76. The third-order valence-corrected chi connectivity index (χ3v) is 5.21. The SMILES string of the molecule is CCNC(=NCc1cccc(CN2CCOC(C)C2)c1)Nc1ccc(OC)c(OCC)c1.I. The summed E-state index contributed by atoms with van der Waals surface area (Å²) in [6.45, 7) is 11.8. The molecule has 2 aromatic rings. The first kappa shape index (κ1) is 27.2. The topological polar surface area (TPSA) is 67.4 Å². The second kappa shape index (κ2) is 14.3. The van der Waals surface area contributed by atoms with Gasteiger partial charge in [0.2, 0.25) is 0 Å². The zero-order valence-electron chi connectivity index (χ0n) is 20.1. The first-order valence-corrected chi connectivity index (χ1v) is 11.4. The van der Waals surface area contributed by atoms with Gasteiger partial charge in [-0.1, -0.05) is 24.3 Å². The molecule has 0 amide bonds. The number of halogens is 1. The minimum Gasteiger partial charge on any atom is -0.493 e. The van der Waals surface area contributed by atoms with Crippen LogP contribution < -0.4 is 20.1 Å². The summed E-state index contributed by atoms with van der Waals surface area (Å²) < 4.78 is 16.7. The first-order chi connectivity index (χ1) is 15.6. The van der Waals surface area contributed by atoms with E-state index in [4.69, 9.17) is 19.2 Å². The Morgan fingerprint density at radius 3 is 2.70 bits per heavy atom. The number of hydrogen-bond acceptors (Lipinski definition) is 5. The Morgan fingerprint density at radius 1 is 1.15 bits per heavy atom. The van der Waals surface area contributed by atoms with E-state index in [-0.39, 0.29) is 24.0 Å². The summed E-state index contributed by atoms with van der Waals surface area (Å²) in [5.41, 5.74) is 3.39. The van der Waals surface area contributed by atoms with Crippen LogP contribution in [-0.4, -0.2) is 56.9 Å². The van der Waals surface area contributed by atoms with Gasteiger partial charge in [-0.15, -0.1) is 24.0 Å². The first-order valence-electron chi connectivity index (χ1n) is 11.4. The molecule has 0 spiro atoms. The Morgan fingerprint density at radius 2 is 1.97 bits per heavy atom. The van der Waals surface area contributed by atoms with Crippen molar-refractivity contribution in [1.29, 1.82) is 0 Å². The number of anilines is 1. The van der Waals surface area contributed by atoms with Crippen molar-refractivity contribution in [2.45, 2.75) is 40.0 Å². The van der Waals surface area contributed by atoms with Crippen LogP contribution in [0.15, 0.2) is 47.5 Å². The van der Waals surface area contributed by atoms with Gasteiger partial charge in [0, 0.05) is 37.9 Å². The monoisotopic (exact) mass is 568 g/mol. The zero-order chi connectivity index (χ0) is 22.8. The number of rotatable bonds is 9. The standard InChI is InChI=1S/C25H36N4O3.HI/c1-5-26-25(28-22-10-11-23(30-4)24(15-22)31-6-2)27-16-20-8-7-9-21(14-20)18-29-12-13-32-19(3)17-29;/h7-11,14-15,19H,5-6,12-13,16-18H2,1-4H3,(H2,26,27,28);1H. The van der Waals surface area contributed by atoms with Crippen LogP contribution in [0.1, 0.15) is 31.9 Å². The molecule has 33 heavy (non-hydrogen) atoms. The number of aliphatic imine (C=N–C) groups is 1. The number of benzene rings is 2. The summed E-state index contributed by atoms with van der Waals surface area (Å²) in [5.74, 6) is 2.15. The minimum atomic E-state index is 0. The van der Waals surface area contributed by atoms with Gasteiger partial charge in [0.05, 0.1) is 33.0 Å². The van der Waals surface area contributed by atoms with Crippen LogP contribution >= 0.6 is 24.0 Å². The van der Waals surface area contributed by atoms with Gasteiger partial charge in [-0.3, -0.25) is 4.90 Å². The molecule has 2 N–H and O–H groups in total.